The van der Waals surface area contributed by atoms with Crippen LogP contribution in [-0.2, 0) is 0 Å². The Bertz CT molecular complexity index is 1140. The van der Waals surface area contributed by atoms with Crippen molar-refractivity contribution in [2.24, 2.45) is 5.73 Å². The first-order chi connectivity index (χ1) is 13.5. The lowest BCUT2D eigenvalue weighted by Crippen LogP contribution is -2.23. The Morgan fingerprint density at radius 2 is 2.00 bits per heavy atom. The zero-order valence-corrected chi connectivity index (χ0v) is 15.2. The predicted molar refractivity (Wildman–Crippen MR) is 106 cm³/mol. The molecule has 0 radical (unpaired) electrons. The molecule has 3 aromatic heterocycles. The van der Waals surface area contributed by atoms with Gasteiger partial charge in [0.1, 0.15) is 12.4 Å². The van der Waals surface area contributed by atoms with Crippen molar-refractivity contribution in [1.82, 2.24) is 19.9 Å². The van der Waals surface area contributed by atoms with Gasteiger partial charge in [-0.05, 0) is 31.2 Å². The first-order valence-corrected chi connectivity index (χ1v) is 8.75. The number of hydrogen-bond acceptors (Lipinski definition) is 6. The number of rotatable bonds is 5. The third-order valence-electron chi connectivity index (χ3n) is 4.24. The Morgan fingerprint density at radius 3 is 2.79 bits per heavy atom. The van der Waals surface area contributed by atoms with Gasteiger partial charge in [-0.15, -0.1) is 0 Å². The Hall–Kier alpha value is -3.52. The summed E-state index contributed by atoms with van der Waals surface area (Å²) in [6.07, 6.45) is 4.94. The molecule has 0 unspecified atom stereocenters. The van der Waals surface area contributed by atoms with Gasteiger partial charge in [0.25, 0.3) is 0 Å². The first-order valence-electron chi connectivity index (χ1n) is 8.75. The van der Waals surface area contributed by atoms with Crippen molar-refractivity contribution in [3.63, 3.8) is 0 Å². The molecule has 0 bridgehead atoms. The van der Waals surface area contributed by atoms with Crippen LogP contribution in [-0.4, -0.2) is 32.6 Å². The highest BCUT2D eigenvalue weighted by Gasteiger charge is 2.13. The normalized spacial score (nSPS) is 12.2. The molecular weight excluding hydrogens is 359 g/mol. The SMILES string of the molecule is C[C@H](N)COc1cncc(-c2ccc3[nH]cc(-c4ccc(N)nc4F)c3c2)n1. The number of aromatic nitrogens is 4. The summed E-state index contributed by atoms with van der Waals surface area (Å²) < 4.78 is 19.9. The van der Waals surface area contributed by atoms with Crippen molar-refractivity contribution in [3.05, 3.63) is 54.9 Å². The van der Waals surface area contributed by atoms with E-state index in [1.54, 1.807) is 30.7 Å². The van der Waals surface area contributed by atoms with Gasteiger partial charge in [-0.3, -0.25) is 4.98 Å². The summed E-state index contributed by atoms with van der Waals surface area (Å²) in [7, 11) is 0. The molecule has 7 nitrogen and oxygen atoms in total. The van der Waals surface area contributed by atoms with E-state index in [9.17, 15) is 4.39 Å². The van der Waals surface area contributed by atoms with E-state index >= 15 is 0 Å². The van der Waals surface area contributed by atoms with Gasteiger partial charge >= 0.3 is 0 Å². The quantitative estimate of drug-likeness (QED) is 0.460. The standard InChI is InChI=1S/C20H19FN6O/c1-11(22)10-28-19-9-24-8-17(26-19)12-2-4-16-14(6-12)15(7-25-16)13-3-5-18(23)27-20(13)21/h2-9,11,25H,10,22H2,1H3,(H2,23,27)/t11-/m0/s1. The average molecular weight is 378 g/mol. The number of H-pyrrole nitrogens is 1. The molecule has 3 heterocycles. The second-order valence-corrected chi connectivity index (χ2v) is 6.57. The van der Waals surface area contributed by atoms with Crippen LogP contribution in [0.4, 0.5) is 10.2 Å². The van der Waals surface area contributed by atoms with Crippen LogP contribution in [0.2, 0.25) is 0 Å². The minimum absolute atomic E-state index is 0.104. The summed E-state index contributed by atoms with van der Waals surface area (Å²) in [5, 5.41) is 0.840. The highest BCUT2D eigenvalue weighted by molar-refractivity contribution is 5.97. The average Bonchev–Trinajstić information content (AvgIpc) is 3.09. The van der Waals surface area contributed by atoms with Crippen molar-refractivity contribution < 1.29 is 9.13 Å². The third kappa shape index (κ3) is 3.49. The van der Waals surface area contributed by atoms with E-state index in [-0.39, 0.29) is 11.9 Å². The van der Waals surface area contributed by atoms with Crippen LogP contribution >= 0.6 is 0 Å². The lowest BCUT2D eigenvalue weighted by Gasteiger charge is -2.09. The molecule has 4 aromatic rings. The molecule has 5 N–H and O–H groups in total. The van der Waals surface area contributed by atoms with Crippen LogP contribution < -0.4 is 16.2 Å². The van der Waals surface area contributed by atoms with Crippen LogP contribution in [0.25, 0.3) is 33.3 Å². The van der Waals surface area contributed by atoms with Gasteiger partial charge in [-0.2, -0.15) is 4.39 Å². The van der Waals surface area contributed by atoms with E-state index in [2.05, 4.69) is 19.9 Å². The summed E-state index contributed by atoms with van der Waals surface area (Å²) in [6, 6.07) is 8.85. The minimum Gasteiger partial charge on any atom is -0.475 e. The Kier molecular flexibility index (Phi) is 4.62. The fourth-order valence-corrected chi connectivity index (χ4v) is 2.93. The largest absolute Gasteiger partial charge is 0.475 e. The molecule has 0 saturated heterocycles. The van der Waals surface area contributed by atoms with Crippen molar-refractivity contribution >= 4 is 16.7 Å². The maximum Gasteiger partial charge on any atom is 0.232 e. The monoisotopic (exact) mass is 378 g/mol. The molecule has 8 heteroatoms. The van der Waals surface area contributed by atoms with Gasteiger partial charge < -0.3 is 21.2 Å². The number of nitrogen functional groups attached to an aromatic ring is 1. The maximum atomic E-state index is 14.3. The molecule has 28 heavy (non-hydrogen) atoms. The first kappa shape index (κ1) is 17.9. The number of anilines is 1. The van der Waals surface area contributed by atoms with E-state index in [4.69, 9.17) is 16.2 Å². The summed E-state index contributed by atoms with van der Waals surface area (Å²) in [5.74, 6) is -0.0731. The summed E-state index contributed by atoms with van der Waals surface area (Å²) in [5.41, 5.74) is 14.7. The van der Waals surface area contributed by atoms with Gasteiger partial charge in [-0.1, -0.05) is 6.07 Å². The number of ether oxygens (including phenoxy) is 1. The molecule has 1 atom stereocenters. The number of fused-ring (bicyclic) bond motifs is 1. The lowest BCUT2D eigenvalue weighted by molar-refractivity contribution is 0.284. The summed E-state index contributed by atoms with van der Waals surface area (Å²) in [6.45, 7) is 2.20. The van der Waals surface area contributed by atoms with Crippen LogP contribution in [0.15, 0.2) is 48.9 Å². The number of nitrogens with two attached hydrogens (primary N) is 2. The molecule has 0 fully saturated rings. The molecule has 0 aliphatic rings. The molecule has 0 saturated carbocycles. The molecule has 0 amide bonds. The summed E-state index contributed by atoms with van der Waals surface area (Å²) in [4.78, 5) is 15.5. The van der Waals surface area contributed by atoms with E-state index in [1.807, 2.05) is 25.1 Å². The van der Waals surface area contributed by atoms with E-state index in [0.717, 1.165) is 16.5 Å². The molecular formula is C20H19FN6O. The highest BCUT2D eigenvalue weighted by atomic mass is 19.1. The Morgan fingerprint density at radius 1 is 1.14 bits per heavy atom. The number of aromatic amines is 1. The van der Waals surface area contributed by atoms with Gasteiger partial charge in [0, 0.05) is 39.8 Å². The second kappa shape index (κ2) is 7.24. The topological polar surface area (TPSA) is 116 Å². The number of nitrogens with zero attached hydrogens (tertiary/aromatic N) is 3. The van der Waals surface area contributed by atoms with Crippen molar-refractivity contribution in [2.45, 2.75) is 13.0 Å². The predicted octanol–water partition coefficient (Wildman–Crippen LogP) is 3.13. The maximum absolute atomic E-state index is 14.3. The third-order valence-corrected chi connectivity index (χ3v) is 4.24. The van der Waals surface area contributed by atoms with E-state index in [0.29, 0.717) is 29.3 Å². The minimum atomic E-state index is -0.614. The smallest absolute Gasteiger partial charge is 0.232 e. The molecule has 4 rings (SSSR count). The molecule has 0 aliphatic heterocycles. The number of hydrogen-bond donors (Lipinski definition) is 3. The van der Waals surface area contributed by atoms with Crippen LogP contribution in [0.5, 0.6) is 5.88 Å². The van der Waals surface area contributed by atoms with Gasteiger partial charge in [-0.25, -0.2) is 9.97 Å². The zero-order valence-electron chi connectivity index (χ0n) is 15.2. The highest BCUT2D eigenvalue weighted by Crippen LogP contribution is 2.33. The Labute approximate surface area is 160 Å². The van der Waals surface area contributed by atoms with Crippen molar-refractivity contribution in [3.8, 4) is 28.3 Å². The fourth-order valence-electron chi connectivity index (χ4n) is 2.93. The van der Waals surface area contributed by atoms with Crippen LogP contribution in [0, 0.1) is 5.95 Å². The molecule has 1 aromatic carbocycles. The number of halogens is 1. The fraction of sp³-hybridized carbons (Fsp3) is 0.150. The van der Waals surface area contributed by atoms with E-state index in [1.165, 1.54) is 0 Å². The van der Waals surface area contributed by atoms with Crippen LogP contribution in [0.1, 0.15) is 6.92 Å². The number of benzene rings is 1. The van der Waals surface area contributed by atoms with Crippen molar-refractivity contribution in [2.75, 3.05) is 12.3 Å². The Balaban J connectivity index is 1.75. The van der Waals surface area contributed by atoms with Crippen LogP contribution in [0.3, 0.4) is 0 Å². The lowest BCUT2D eigenvalue weighted by atomic mass is 10.0. The van der Waals surface area contributed by atoms with Gasteiger partial charge in [0.2, 0.25) is 11.8 Å². The zero-order chi connectivity index (χ0) is 19.7. The molecule has 0 aliphatic carbocycles. The van der Waals surface area contributed by atoms with Gasteiger partial charge in [0.15, 0.2) is 0 Å². The second-order valence-electron chi connectivity index (χ2n) is 6.57. The van der Waals surface area contributed by atoms with Gasteiger partial charge in [0.05, 0.1) is 18.1 Å². The van der Waals surface area contributed by atoms with Crippen molar-refractivity contribution in [1.29, 1.82) is 0 Å². The number of pyridine rings is 1. The summed E-state index contributed by atoms with van der Waals surface area (Å²) >= 11 is 0. The molecule has 0 spiro atoms. The number of nitrogens with one attached hydrogen (secondary N) is 1. The van der Waals surface area contributed by atoms with E-state index < -0.39 is 5.95 Å². The molecule has 142 valence electrons.